The van der Waals surface area contributed by atoms with E-state index in [9.17, 15) is 4.39 Å². The third kappa shape index (κ3) is 1.69. The second-order valence-electron chi connectivity index (χ2n) is 3.18. The number of hydrogen-bond donors (Lipinski definition) is 1. The molecule has 2 heteroatoms. The first-order valence-electron chi connectivity index (χ1n) is 4.14. The molecule has 0 aliphatic heterocycles. The van der Waals surface area contributed by atoms with Crippen LogP contribution in [0, 0.1) is 11.8 Å². The topological polar surface area (TPSA) is 26.0 Å². The molecule has 0 spiro atoms. The first kappa shape index (κ1) is 7.99. The molecule has 0 aromatic rings. The van der Waals surface area contributed by atoms with Crippen molar-refractivity contribution in [1.29, 1.82) is 0 Å². The Morgan fingerprint density at radius 2 is 2.00 bits per heavy atom. The van der Waals surface area contributed by atoms with Gasteiger partial charge in [0.25, 0.3) is 0 Å². The number of halogens is 1. The van der Waals surface area contributed by atoms with E-state index in [1.54, 1.807) is 0 Å². The van der Waals surface area contributed by atoms with E-state index in [4.69, 9.17) is 5.73 Å². The van der Waals surface area contributed by atoms with Gasteiger partial charge in [-0.25, -0.2) is 0 Å². The van der Waals surface area contributed by atoms with Crippen molar-refractivity contribution in [2.45, 2.75) is 25.7 Å². The summed E-state index contributed by atoms with van der Waals surface area (Å²) in [5.74, 6) is 0.929. The van der Waals surface area contributed by atoms with Crippen molar-refractivity contribution in [3.63, 3.8) is 0 Å². The predicted octanol–water partition coefficient (Wildman–Crippen LogP) is 1.72. The van der Waals surface area contributed by atoms with Crippen LogP contribution < -0.4 is 5.73 Å². The molecule has 2 atom stereocenters. The minimum atomic E-state index is -0.134. The Labute approximate surface area is 61.8 Å². The zero-order valence-electron chi connectivity index (χ0n) is 6.35. The van der Waals surface area contributed by atoms with Gasteiger partial charge in [0.15, 0.2) is 0 Å². The summed E-state index contributed by atoms with van der Waals surface area (Å²) in [6.07, 6.45) is 4.51. The molecule has 0 amide bonds. The van der Waals surface area contributed by atoms with E-state index in [-0.39, 0.29) is 6.67 Å². The average molecular weight is 145 g/mol. The van der Waals surface area contributed by atoms with E-state index < -0.39 is 0 Å². The van der Waals surface area contributed by atoms with Crippen LogP contribution in [0.3, 0.4) is 0 Å². The van der Waals surface area contributed by atoms with Gasteiger partial charge in [-0.1, -0.05) is 12.8 Å². The van der Waals surface area contributed by atoms with E-state index >= 15 is 0 Å². The molecule has 1 nitrogen and oxygen atoms in total. The summed E-state index contributed by atoms with van der Waals surface area (Å²) in [7, 11) is 0. The fourth-order valence-corrected chi connectivity index (χ4v) is 1.91. The summed E-state index contributed by atoms with van der Waals surface area (Å²) >= 11 is 0. The zero-order valence-corrected chi connectivity index (χ0v) is 6.35. The van der Waals surface area contributed by atoms with Gasteiger partial charge in [0.1, 0.15) is 0 Å². The highest BCUT2D eigenvalue weighted by Gasteiger charge is 2.25. The molecule has 1 rings (SSSR count). The summed E-state index contributed by atoms with van der Waals surface area (Å²) in [5.41, 5.74) is 5.40. The lowest BCUT2D eigenvalue weighted by Gasteiger charge is -2.14. The highest BCUT2D eigenvalue weighted by Crippen LogP contribution is 2.33. The summed E-state index contributed by atoms with van der Waals surface area (Å²) in [6.45, 7) is 0.589. The summed E-state index contributed by atoms with van der Waals surface area (Å²) in [4.78, 5) is 0. The van der Waals surface area contributed by atoms with Crippen LogP contribution in [0.4, 0.5) is 4.39 Å². The van der Waals surface area contributed by atoms with Gasteiger partial charge in [-0.05, 0) is 31.2 Å². The average Bonchev–Trinajstić information content (AvgIpc) is 2.36. The fourth-order valence-electron chi connectivity index (χ4n) is 1.91. The van der Waals surface area contributed by atoms with Gasteiger partial charge >= 0.3 is 0 Å². The Morgan fingerprint density at radius 1 is 1.30 bits per heavy atom. The van der Waals surface area contributed by atoms with Crippen LogP contribution in [0.5, 0.6) is 0 Å². The minimum absolute atomic E-state index is 0.134. The molecule has 1 aliphatic carbocycles. The Balaban J connectivity index is 2.27. The zero-order chi connectivity index (χ0) is 7.40. The molecule has 0 aromatic heterocycles. The lowest BCUT2D eigenvalue weighted by molar-refractivity contribution is 0.285. The molecule has 0 saturated heterocycles. The number of hydrogen-bond acceptors (Lipinski definition) is 1. The van der Waals surface area contributed by atoms with Crippen molar-refractivity contribution < 1.29 is 4.39 Å². The molecule has 2 unspecified atom stereocenters. The maximum absolute atomic E-state index is 12.2. The third-order valence-corrected chi connectivity index (χ3v) is 2.55. The van der Waals surface area contributed by atoms with Crippen LogP contribution in [0.25, 0.3) is 0 Å². The number of alkyl halides is 1. The highest BCUT2D eigenvalue weighted by atomic mass is 19.1. The van der Waals surface area contributed by atoms with E-state index in [0.717, 1.165) is 19.4 Å². The van der Waals surface area contributed by atoms with Crippen molar-refractivity contribution in [3.8, 4) is 0 Å². The molecule has 0 radical (unpaired) electrons. The van der Waals surface area contributed by atoms with Crippen molar-refractivity contribution in [2.24, 2.45) is 17.6 Å². The van der Waals surface area contributed by atoms with Gasteiger partial charge in [0, 0.05) is 0 Å². The van der Waals surface area contributed by atoms with Gasteiger partial charge in [-0.15, -0.1) is 0 Å². The fraction of sp³-hybridized carbons (Fsp3) is 1.00. The Hall–Kier alpha value is -0.110. The van der Waals surface area contributed by atoms with Crippen LogP contribution in [-0.2, 0) is 0 Å². The van der Waals surface area contributed by atoms with Crippen LogP contribution in [-0.4, -0.2) is 13.2 Å². The molecule has 10 heavy (non-hydrogen) atoms. The number of rotatable bonds is 3. The van der Waals surface area contributed by atoms with Crippen LogP contribution in [0.2, 0.25) is 0 Å². The maximum atomic E-state index is 12.2. The molecular formula is C8H16FN. The Kier molecular flexibility index (Phi) is 3.13. The first-order chi connectivity index (χ1) is 4.88. The van der Waals surface area contributed by atoms with Crippen molar-refractivity contribution in [1.82, 2.24) is 0 Å². The van der Waals surface area contributed by atoms with E-state index in [2.05, 4.69) is 0 Å². The largest absolute Gasteiger partial charge is 0.330 e. The van der Waals surface area contributed by atoms with Crippen LogP contribution in [0.1, 0.15) is 25.7 Å². The standard InChI is InChI=1S/C8H16FN/c9-6-8-3-1-2-7(8)4-5-10/h7-8H,1-6,10H2. The van der Waals surface area contributed by atoms with E-state index in [0.29, 0.717) is 11.8 Å². The molecular weight excluding hydrogens is 129 g/mol. The molecule has 0 aromatic carbocycles. The van der Waals surface area contributed by atoms with Crippen molar-refractivity contribution >= 4 is 0 Å². The van der Waals surface area contributed by atoms with Crippen LogP contribution in [0.15, 0.2) is 0 Å². The molecule has 2 N–H and O–H groups in total. The molecule has 60 valence electrons. The maximum Gasteiger partial charge on any atom is 0.0925 e. The van der Waals surface area contributed by atoms with Crippen molar-refractivity contribution in [2.75, 3.05) is 13.2 Å². The Morgan fingerprint density at radius 3 is 2.60 bits per heavy atom. The first-order valence-corrected chi connectivity index (χ1v) is 4.14. The summed E-state index contributed by atoms with van der Waals surface area (Å²) in [5, 5.41) is 0. The van der Waals surface area contributed by atoms with Gasteiger partial charge in [0.05, 0.1) is 6.67 Å². The molecule has 1 saturated carbocycles. The Bertz CT molecular complexity index is 95.3. The van der Waals surface area contributed by atoms with E-state index in [1.807, 2.05) is 0 Å². The van der Waals surface area contributed by atoms with Crippen molar-refractivity contribution in [3.05, 3.63) is 0 Å². The SMILES string of the molecule is NCCC1CCCC1CF. The second kappa shape index (κ2) is 3.91. The number of nitrogens with two attached hydrogens (primary N) is 1. The monoisotopic (exact) mass is 145 g/mol. The van der Waals surface area contributed by atoms with Crippen LogP contribution >= 0.6 is 0 Å². The normalized spacial score (nSPS) is 33.0. The van der Waals surface area contributed by atoms with Gasteiger partial charge < -0.3 is 5.73 Å². The van der Waals surface area contributed by atoms with E-state index in [1.165, 1.54) is 12.8 Å². The summed E-state index contributed by atoms with van der Waals surface area (Å²) in [6, 6.07) is 0. The lowest BCUT2D eigenvalue weighted by atomic mass is 9.94. The summed E-state index contributed by atoms with van der Waals surface area (Å²) < 4.78 is 12.2. The third-order valence-electron chi connectivity index (χ3n) is 2.55. The predicted molar refractivity (Wildman–Crippen MR) is 40.5 cm³/mol. The lowest BCUT2D eigenvalue weighted by Crippen LogP contribution is -2.14. The highest BCUT2D eigenvalue weighted by molar-refractivity contribution is 4.76. The molecule has 0 bridgehead atoms. The van der Waals surface area contributed by atoms with Gasteiger partial charge in [-0.2, -0.15) is 0 Å². The quantitative estimate of drug-likeness (QED) is 0.643. The molecule has 0 heterocycles. The second-order valence-corrected chi connectivity index (χ2v) is 3.18. The van der Waals surface area contributed by atoms with Gasteiger partial charge in [-0.3, -0.25) is 4.39 Å². The van der Waals surface area contributed by atoms with Gasteiger partial charge in [0.2, 0.25) is 0 Å². The smallest absolute Gasteiger partial charge is 0.0925 e. The molecule has 1 fully saturated rings. The molecule has 1 aliphatic rings. The minimum Gasteiger partial charge on any atom is -0.330 e.